The lowest BCUT2D eigenvalue weighted by Crippen LogP contribution is -2.16. The average Bonchev–Trinajstić information content (AvgIpc) is 3.11. The molecule has 21 heavy (non-hydrogen) atoms. The first kappa shape index (κ1) is 13.5. The molecule has 1 saturated heterocycles. The highest BCUT2D eigenvalue weighted by molar-refractivity contribution is 5.56. The van der Waals surface area contributed by atoms with Crippen molar-refractivity contribution < 1.29 is 9.47 Å². The van der Waals surface area contributed by atoms with Crippen molar-refractivity contribution in [2.24, 2.45) is 0 Å². The third-order valence-corrected chi connectivity index (χ3v) is 3.56. The predicted octanol–water partition coefficient (Wildman–Crippen LogP) is 2.91. The van der Waals surface area contributed by atoms with Gasteiger partial charge in [-0.1, -0.05) is 18.2 Å². The Kier molecular flexibility index (Phi) is 3.80. The van der Waals surface area contributed by atoms with Gasteiger partial charge in [0.25, 0.3) is 0 Å². The van der Waals surface area contributed by atoms with Crippen LogP contribution < -0.4 is 10.5 Å². The van der Waals surface area contributed by atoms with Crippen LogP contribution in [0.5, 0.6) is 11.6 Å². The van der Waals surface area contributed by atoms with Crippen molar-refractivity contribution in [3.05, 3.63) is 42.1 Å². The van der Waals surface area contributed by atoms with Crippen molar-refractivity contribution in [2.75, 3.05) is 12.3 Å². The van der Waals surface area contributed by atoms with E-state index in [2.05, 4.69) is 6.07 Å². The van der Waals surface area contributed by atoms with Crippen LogP contribution in [0.15, 0.2) is 36.4 Å². The molecule has 1 aromatic carbocycles. The molecule has 2 heterocycles. The number of nitriles is 1. The van der Waals surface area contributed by atoms with Gasteiger partial charge < -0.3 is 15.2 Å². The number of nitrogens with zero attached hydrogens (tertiary/aromatic N) is 2. The van der Waals surface area contributed by atoms with E-state index in [4.69, 9.17) is 15.2 Å². The summed E-state index contributed by atoms with van der Waals surface area (Å²) < 4.78 is 13.3. The van der Waals surface area contributed by atoms with E-state index in [1.807, 2.05) is 30.3 Å². The number of para-hydroxylation sites is 1. The molecule has 1 aromatic heterocycles. The van der Waals surface area contributed by atoms with Gasteiger partial charge in [0.1, 0.15) is 17.5 Å². The number of benzene rings is 1. The lowest BCUT2D eigenvalue weighted by molar-refractivity contribution is 0.0952. The second-order valence-corrected chi connectivity index (χ2v) is 5.06. The van der Waals surface area contributed by atoms with Crippen LogP contribution in [0.2, 0.25) is 0 Å². The highest BCUT2D eigenvalue weighted by atomic mass is 16.5. The fourth-order valence-electron chi connectivity index (χ4n) is 2.53. The SMILES string of the molecule is N#Cc1cc(N)c(Oc2ccccc2)n1CC1CCCO1. The first-order chi connectivity index (χ1) is 10.3. The van der Waals surface area contributed by atoms with E-state index in [0.717, 1.165) is 19.4 Å². The third-order valence-electron chi connectivity index (χ3n) is 3.56. The van der Waals surface area contributed by atoms with Gasteiger partial charge in [-0.2, -0.15) is 5.26 Å². The number of hydrogen-bond donors (Lipinski definition) is 1. The zero-order valence-corrected chi connectivity index (χ0v) is 11.7. The molecule has 0 amide bonds. The van der Waals surface area contributed by atoms with Gasteiger partial charge in [-0.3, -0.25) is 4.57 Å². The maximum absolute atomic E-state index is 9.27. The Morgan fingerprint density at radius 2 is 2.19 bits per heavy atom. The van der Waals surface area contributed by atoms with Crippen LogP contribution in [-0.2, 0) is 11.3 Å². The van der Waals surface area contributed by atoms with Crippen LogP contribution in [0, 0.1) is 11.3 Å². The van der Waals surface area contributed by atoms with Crippen LogP contribution in [0.3, 0.4) is 0 Å². The molecule has 1 aliphatic rings. The lowest BCUT2D eigenvalue weighted by atomic mass is 10.2. The normalized spacial score (nSPS) is 17.6. The molecule has 1 unspecified atom stereocenters. The maximum Gasteiger partial charge on any atom is 0.224 e. The molecule has 1 atom stereocenters. The Balaban J connectivity index is 1.91. The van der Waals surface area contributed by atoms with Gasteiger partial charge in [0, 0.05) is 12.7 Å². The minimum Gasteiger partial charge on any atom is -0.439 e. The summed E-state index contributed by atoms with van der Waals surface area (Å²) in [6, 6.07) is 13.2. The second kappa shape index (κ2) is 5.90. The first-order valence-corrected chi connectivity index (χ1v) is 7.01. The van der Waals surface area contributed by atoms with Crippen molar-refractivity contribution in [1.82, 2.24) is 4.57 Å². The van der Waals surface area contributed by atoms with Gasteiger partial charge in [-0.05, 0) is 25.0 Å². The highest BCUT2D eigenvalue weighted by Gasteiger charge is 2.22. The van der Waals surface area contributed by atoms with Crippen LogP contribution >= 0.6 is 0 Å². The van der Waals surface area contributed by atoms with Crippen LogP contribution in [0.25, 0.3) is 0 Å². The number of anilines is 1. The van der Waals surface area contributed by atoms with Crippen molar-refractivity contribution in [3.63, 3.8) is 0 Å². The van der Waals surface area contributed by atoms with E-state index >= 15 is 0 Å². The monoisotopic (exact) mass is 283 g/mol. The summed E-state index contributed by atoms with van der Waals surface area (Å²) in [5.74, 6) is 1.20. The number of aromatic nitrogens is 1. The summed E-state index contributed by atoms with van der Waals surface area (Å²) in [6.07, 6.45) is 2.16. The fourth-order valence-corrected chi connectivity index (χ4v) is 2.53. The van der Waals surface area contributed by atoms with Gasteiger partial charge in [-0.25, -0.2) is 0 Å². The molecule has 2 N–H and O–H groups in total. The molecular formula is C16H17N3O2. The highest BCUT2D eigenvalue weighted by Crippen LogP contribution is 2.32. The molecule has 0 radical (unpaired) electrons. The predicted molar refractivity (Wildman–Crippen MR) is 79.0 cm³/mol. The molecule has 5 nitrogen and oxygen atoms in total. The van der Waals surface area contributed by atoms with E-state index in [-0.39, 0.29) is 6.10 Å². The number of hydrogen-bond acceptors (Lipinski definition) is 4. The molecule has 0 spiro atoms. The first-order valence-electron chi connectivity index (χ1n) is 7.01. The van der Waals surface area contributed by atoms with Crippen molar-refractivity contribution in [3.8, 4) is 17.7 Å². The zero-order valence-electron chi connectivity index (χ0n) is 11.7. The summed E-state index contributed by atoms with van der Waals surface area (Å²) in [6.45, 7) is 1.36. The second-order valence-electron chi connectivity index (χ2n) is 5.06. The van der Waals surface area contributed by atoms with E-state index < -0.39 is 0 Å². The molecule has 3 rings (SSSR count). The number of nitrogens with two attached hydrogens (primary N) is 1. The quantitative estimate of drug-likeness (QED) is 0.936. The Morgan fingerprint density at radius 3 is 2.86 bits per heavy atom. The molecule has 0 saturated carbocycles. The number of nitrogen functional groups attached to an aromatic ring is 1. The lowest BCUT2D eigenvalue weighted by Gasteiger charge is -2.15. The Labute approximate surface area is 123 Å². The molecule has 108 valence electrons. The van der Waals surface area contributed by atoms with Crippen molar-refractivity contribution in [2.45, 2.75) is 25.5 Å². The van der Waals surface area contributed by atoms with E-state index in [1.54, 1.807) is 10.6 Å². The van der Waals surface area contributed by atoms with Crippen molar-refractivity contribution in [1.29, 1.82) is 5.26 Å². The molecule has 1 fully saturated rings. The summed E-state index contributed by atoms with van der Waals surface area (Å²) >= 11 is 0. The standard InChI is InChI=1S/C16H17N3O2/c17-10-12-9-15(18)16(21-13-5-2-1-3-6-13)19(12)11-14-7-4-8-20-14/h1-3,5-6,9,14H,4,7-8,11,18H2. The Morgan fingerprint density at radius 1 is 1.38 bits per heavy atom. The van der Waals surface area contributed by atoms with Crippen LogP contribution in [-0.4, -0.2) is 17.3 Å². The summed E-state index contributed by atoms with van der Waals surface area (Å²) in [5.41, 5.74) is 6.96. The van der Waals surface area contributed by atoms with Gasteiger partial charge in [0.2, 0.25) is 5.88 Å². The van der Waals surface area contributed by atoms with E-state index in [0.29, 0.717) is 29.6 Å². The van der Waals surface area contributed by atoms with Gasteiger partial charge in [0.15, 0.2) is 0 Å². The summed E-state index contributed by atoms with van der Waals surface area (Å²) in [4.78, 5) is 0. The van der Waals surface area contributed by atoms with Crippen LogP contribution in [0.1, 0.15) is 18.5 Å². The van der Waals surface area contributed by atoms with Gasteiger partial charge >= 0.3 is 0 Å². The van der Waals surface area contributed by atoms with E-state index in [9.17, 15) is 5.26 Å². The molecule has 1 aliphatic heterocycles. The number of rotatable bonds is 4. The topological polar surface area (TPSA) is 73.2 Å². The average molecular weight is 283 g/mol. The molecule has 0 bridgehead atoms. The van der Waals surface area contributed by atoms with Crippen LogP contribution in [0.4, 0.5) is 5.69 Å². The van der Waals surface area contributed by atoms with Gasteiger partial charge in [-0.15, -0.1) is 0 Å². The summed E-state index contributed by atoms with van der Waals surface area (Å²) in [7, 11) is 0. The fraction of sp³-hybridized carbons (Fsp3) is 0.312. The smallest absolute Gasteiger partial charge is 0.224 e. The molecule has 2 aromatic rings. The zero-order chi connectivity index (χ0) is 14.7. The Hall–Kier alpha value is -2.45. The largest absolute Gasteiger partial charge is 0.439 e. The van der Waals surface area contributed by atoms with Gasteiger partial charge in [0.05, 0.1) is 18.3 Å². The third kappa shape index (κ3) is 2.86. The minimum atomic E-state index is 0.113. The number of ether oxygens (including phenoxy) is 2. The van der Waals surface area contributed by atoms with Crippen molar-refractivity contribution >= 4 is 5.69 Å². The molecular weight excluding hydrogens is 266 g/mol. The summed E-state index contributed by atoms with van der Waals surface area (Å²) in [5, 5.41) is 9.27. The Bertz CT molecular complexity index is 652. The minimum absolute atomic E-state index is 0.113. The molecule has 5 heteroatoms. The molecule has 0 aliphatic carbocycles. The van der Waals surface area contributed by atoms with E-state index in [1.165, 1.54) is 0 Å². The maximum atomic E-state index is 9.27.